The van der Waals surface area contributed by atoms with E-state index in [9.17, 15) is 0 Å². The Morgan fingerprint density at radius 2 is 2.22 bits per heavy atom. The summed E-state index contributed by atoms with van der Waals surface area (Å²) in [5.74, 6) is 3.81. The van der Waals surface area contributed by atoms with Gasteiger partial charge in [-0.15, -0.1) is 24.0 Å². The van der Waals surface area contributed by atoms with Crippen molar-refractivity contribution in [3.8, 4) is 0 Å². The lowest BCUT2D eigenvalue weighted by Crippen LogP contribution is -2.46. The van der Waals surface area contributed by atoms with E-state index < -0.39 is 0 Å². The first-order valence-electron chi connectivity index (χ1n) is 10.3. The van der Waals surface area contributed by atoms with E-state index >= 15 is 0 Å². The molecule has 0 amide bonds. The second kappa shape index (κ2) is 9.63. The fourth-order valence-corrected chi connectivity index (χ4v) is 4.74. The summed E-state index contributed by atoms with van der Waals surface area (Å²) in [5, 5.41) is 7.31. The van der Waals surface area contributed by atoms with Crippen LogP contribution in [0.4, 0.5) is 0 Å². The minimum atomic E-state index is 0. The van der Waals surface area contributed by atoms with E-state index in [2.05, 4.69) is 10.6 Å². The molecule has 3 aliphatic rings. The molecule has 5 nitrogen and oxygen atoms in total. The van der Waals surface area contributed by atoms with Crippen LogP contribution in [0, 0.1) is 17.3 Å². The van der Waals surface area contributed by atoms with Crippen LogP contribution in [-0.2, 0) is 11.2 Å². The Kier molecular flexibility index (Phi) is 7.48. The van der Waals surface area contributed by atoms with E-state index in [1.807, 2.05) is 12.1 Å². The highest BCUT2D eigenvalue weighted by molar-refractivity contribution is 14.0. The van der Waals surface area contributed by atoms with Gasteiger partial charge in [-0.05, 0) is 67.9 Å². The Hall–Kier alpha value is -0.760. The molecule has 1 aromatic rings. The minimum Gasteiger partial charge on any atom is -0.469 e. The molecule has 0 saturated heterocycles. The monoisotopic (exact) mass is 487 g/mol. The Morgan fingerprint density at radius 3 is 2.85 bits per heavy atom. The molecule has 3 atom stereocenters. The summed E-state index contributed by atoms with van der Waals surface area (Å²) in [7, 11) is 1.79. The molecule has 6 heteroatoms. The Labute approximate surface area is 180 Å². The summed E-state index contributed by atoms with van der Waals surface area (Å²) in [6, 6.07) is 4.59. The highest BCUT2D eigenvalue weighted by Crippen LogP contribution is 2.49. The van der Waals surface area contributed by atoms with Gasteiger partial charge in [-0.3, -0.25) is 4.99 Å². The Bertz CT molecular complexity index is 601. The maximum Gasteiger partial charge on any atom is 0.191 e. The highest BCUT2D eigenvalue weighted by Gasteiger charge is 2.42. The second-order valence-corrected chi connectivity index (χ2v) is 8.59. The van der Waals surface area contributed by atoms with E-state index in [0.29, 0.717) is 11.5 Å². The first kappa shape index (κ1) is 21.0. The predicted molar refractivity (Wildman–Crippen MR) is 119 cm³/mol. The molecule has 27 heavy (non-hydrogen) atoms. The lowest BCUT2D eigenvalue weighted by atomic mass is 9.95. The van der Waals surface area contributed by atoms with E-state index in [1.54, 1.807) is 13.4 Å². The molecular weight excluding hydrogens is 453 g/mol. The number of hydrogen-bond acceptors (Lipinski definition) is 3. The number of fused-ring (bicyclic) bond motifs is 2. The number of hydrogen-bond donors (Lipinski definition) is 2. The summed E-state index contributed by atoms with van der Waals surface area (Å²) in [5.41, 5.74) is 0.389. The molecule has 152 valence electrons. The fourth-order valence-electron chi connectivity index (χ4n) is 4.74. The van der Waals surface area contributed by atoms with E-state index in [1.165, 1.54) is 38.5 Å². The number of halogens is 1. The maximum absolute atomic E-state index is 5.44. The molecule has 3 aliphatic carbocycles. The average molecular weight is 487 g/mol. The van der Waals surface area contributed by atoms with Crippen molar-refractivity contribution < 1.29 is 9.15 Å². The summed E-state index contributed by atoms with van der Waals surface area (Å²) in [6.07, 6.45) is 11.9. The molecule has 4 rings (SSSR count). The van der Waals surface area contributed by atoms with Gasteiger partial charge < -0.3 is 19.8 Å². The molecule has 1 aromatic heterocycles. The van der Waals surface area contributed by atoms with Gasteiger partial charge in [0.1, 0.15) is 5.76 Å². The van der Waals surface area contributed by atoms with Crippen LogP contribution in [0.25, 0.3) is 0 Å². The van der Waals surface area contributed by atoms with Crippen LogP contribution in [0.5, 0.6) is 0 Å². The first-order chi connectivity index (χ1) is 12.8. The number of methoxy groups -OCH3 is 1. The van der Waals surface area contributed by atoms with E-state index in [-0.39, 0.29) is 24.0 Å². The molecule has 2 bridgehead atoms. The molecule has 3 fully saturated rings. The highest BCUT2D eigenvalue weighted by atomic mass is 127. The summed E-state index contributed by atoms with van der Waals surface area (Å²) < 4.78 is 10.7. The zero-order valence-electron chi connectivity index (χ0n) is 16.4. The number of ether oxygens (including phenoxy) is 1. The van der Waals surface area contributed by atoms with Crippen LogP contribution in [0.1, 0.15) is 50.7 Å². The van der Waals surface area contributed by atoms with Gasteiger partial charge >= 0.3 is 0 Å². The third-order valence-electron chi connectivity index (χ3n) is 6.67. The lowest BCUT2D eigenvalue weighted by molar-refractivity contribution is 0.174. The van der Waals surface area contributed by atoms with Crippen molar-refractivity contribution in [1.29, 1.82) is 0 Å². The van der Waals surface area contributed by atoms with Gasteiger partial charge in [0.15, 0.2) is 5.96 Å². The predicted octanol–water partition coefficient (Wildman–Crippen LogP) is 3.98. The number of rotatable bonds is 9. The second-order valence-electron chi connectivity index (χ2n) is 8.59. The van der Waals surface area contributed by atoms with Crippen molar-refractivity contribution in [2.24, 2.45) is 22.2 Å². The van der Waals surface area contributed by atoms with E-state index in [4.69, 9.17) is 14.1 Å². The molecule has 0 aliphatic heterocycles. The van der Waals surface area contributed by atoms with Gasteiger partial charge in [0.2, 0.25) is 0 Å². The zero-order valence-corrected chi connectivity index (χ0v) is 18.7. The normalized spacial score (nSPS) is 28.0. The number of nitrogens with zero attached hydrogens (tertiary/aromatic N) is 1. The van der Waals surface area contributed by atoms with Crippen molar-refractivity contribution in [3.63, 3.8) is 0 Å². The number of guanidine groups is 1. The molecular formula is C21H34IN3O2. The molecule has 3 unspecified atom stereocenters. The van der Waals surface area contributed by atoms with Crippen molar-refractivity contribution in [1.82, 2.24) is 10.6 Å². The van der Waals surface area contributed by atoms with Crippen LogP contribution in [0.15, 0.2) is 27.8 Å². The van der Waals surface area contributed by atoms with Crippen LogP contribution in [0.3, 0.4) is 0 Å². The summed E-state index contributed by atoms with van der Waals surface area (Å²) in [4.78, 5) is 4.98. The van der Waals surface area contributed by atoms with Gasteiger partial charge in [0.05, 0.1) is 6.26 Å². The zero-order chi connectivity index (χ0) is 17.8. The molecule has 0 spiro atoms. The molecule has 1 heterocycles. The number of aliphatic imine (C=N–C) groups is 1. The van der Waals surface area contributed by atoms with Gasteiger partial charge in [-0.1, -0.05) is 6.42 Å². The topological polar surface area (TPSA) is 58.8 Å². The fraction of sp³-hybridized carbons (Fsp3) is 0.762. The average Bonchev–Trinajstić information content (AvgIpc) is 3.04. The quantitative estimate of drug-likeness (QED) is 0.314. The van der Waals surface area contributed by atoms with Crippen LogP contribution in [0.2, 0.25) is 0 Å². The molecule has 2 N–H and O–H groups in total. The van der Waals surface area contributed by atoms with Gasteiger partial charge in [-0.25, -0.2) is 0 Å². The third-order valence-corrected chi connectivity index (χ3v) is 6.67. The Balaban J connectivity index is 0.00000210. The standard InChI is InChI=1S/C21H33N3O2.HI/c1-25-12-9-21(7-8-21)15-23-20(22-10-6-18-3-2-11-26-18)24-19-14-16-4-5-17(19)13-16;/h2-3,11,16-17,19H,4-10,12-15H2,1H3,(H2,22,23,24);1H. The van der Waals surface area contributed by atoms with Crippen LogP contribution >= 0.6 is 24.0 Å². The first-order valence-corrected chi connectivity index (χ1v) is 10.3. The minimum absolute atomic E-state index is 0. The SMILES string of the molecule is COCCC1(CN=C(NCCc2ccco2)NC2CC3CCC2C3)CC1.I. The molecule has 0 radical (unpaired) electrons. The van der Waals surface area contributed by atoms with Gasteiger partial charge in [0, 0.05) is 39.3 Å². The van der Waals surface area contributed by atoms with E-state index in [0.717, 1.165) is 56.1 Å². The Morgan fingerprint density at radius 1 is 1.33 bits per heavy atom. The maximum atomic E-state index is 5.44. The van der Waals surface area contributed by atoms with Crippen molar-refractivity contribution in [2.75, 3.05) is 26.8 Å². The van der Waals surface area contributed by atoms with Gasteiger partial charge in [-0.2, -0.15) is 0 Å². The van der Waals surface area contributed by atoms with Crippen molar-refractivity contribution >= 4 is 29.9 Å². The number of furan rings is 1. The lowest BCUT2D eigenvalue weighted by Gasteiger charge is -2.25. The van der Waals surface area contributed by atoms with Crippen molar-refractivity contribution in [2.45, 2.75) is 57.4 Å². The molecule has 3 saturated carbocycles. The summed E-state index contributed by atoms with van der Waals surface area (Å²) >= 11 is 0. The number of nitrogens with one attached hydrogen (secondary N) is 2. The summed E-state index contributed by atoms with van der Waals surface area (Å²) in [6.45, 7) is 2.61. The van der Waals surface area contributed by atoms with Gasteiger partial charge in [0.25, 0.3) is 0 Å². The van der Waals surface area contributed by atoms with Crippen LogP contribution < -0.4 is 10.6 Å². The smallest absolute Gasteiger partial charge is 0.191 e. The van der Waals surface area contributed by atoms with Crippen LogP contribution in [-0.4, -0.2) is 38.8 Å². The molecule has 0 aromatic carbocycles. The van der Waals surface area contributed by atoms with Crippen molar-refractivity contribution in [3.05, 3.63) is 24.2 Å². The largest absolute Gasteiger partial charge is 0.469 e. The third kappa shape index (κ3) is 5.62.